The first-order valence-electron chi connectivity index (χ1n) is 10.3. The topological polar surface area (TPSA) is 117 Å². The van der Waals surface area contributed by atoms with Gasteiger partial charge in [0.1, 0.15) is 24.2 Å². The summed E-state index contributed by atoms with van der Waals surface area (Å²) in [4.78, 5) is 53.7. The lowest BCUT2D eigenvalue weighted by Gasteiger charge is -2.31. The standard InChI is InChI=1S/C23H17ClN2O6S2/c24-12-6-7-14(32-10-11-4-2-1-3-5-11)13(8-12)16-17-19(33-20-18(16)34-23(31)25-20)22(30)26(21(17)29)9-15(27)28/h1-8,16-17,19H,9-10H2,(H,25,31)(H,27,28)/t16-,17?,19?/m0/s1. The van der Waals surface area contributed by atoms with Gasteiger partial charge in [0, 0.05) is 21.4 Å². The maximum Gasteiger partial charge on any atom is 0.323 e. The fourth-order valence-corrected chi connectivity index (χ4v) is 7.04. The molecule has 0 radical (unpaired) electrons. The van der Waals surface area contributed by atoms with Crippen molar-refractivity contribution in [2.75, 3.05) is 6.54 Å². The molecule has 11 heteroatoms. The lowest BCUT2D eigenvalue weighted by molar-refractivity contribution is -0.149. The number of likely N-dealkylation sites (tertiary alicyclic amines) is 1. The van der Waals surface area contributed by atoms with Crippen molar-refractivity contribution in [3.63, 3.8) is 0 Å². The maximum absolute atomic E-state index is 13.3. The molecule has 2 aliphatic rings. The quantitative estimate of drug-likeness (QED) is 0.482. The minimum atomic E-state index is -1.28. The van der Waals surface area contributed by atoms with Gasteiger partial charge in [-0.3, -0.25) is 24.1 Å². The predicted octanol–water partition coefficient (Wildman–Crippen LogP) is 3.34. The molecule has 2 unspecified atom stereocenters. The van der Waals surface area contributed by atoms with Crippen LogP contribution in [0.5, 0.6) is 5.75 Å². The molecule has 0 bridgehead atoms. The van der Waals surface area contributed by atoms with E-state index in [-0.39, 0.29) is 11.5 Å². The van der Waals surface area contributed by atoms with E-state index in [0.717, 1.165) is 33.6 Å². The monoisotopic (exact) mass is 516 g/mol. The summed E-state index contributed by atoms with van der Waals surface area (Å²) in [5.41, 5.74) is 1.50. The van der Waals surface area contributed by atoms with Crippen molar-refractivity contribution in [2.45, 2.75) is 22.8 Å². The number of aliphatic carboxylic acids is 1. The van der Waals surface area contributed by atoms with Crippen molar-refractivity contribution in [1.29, 1.82) is 0 Å². The highest BCUT2D eigenvalue weighted by Crippen LogP contribution is 2.54. The Balaban J connectivity index is 1.60. The van der Waals surface area contributed by atoms with Crippen LogP contribution in [0.15, 0.2) is 58.4 Å². The Labute approximate surface area is 206 Å². The van der Waals surface area contributed by atoms with Crippen LogP contribution in [0.3, 0.4) is 0 Å². The molecule has 0 saturated carbocycles. The van der Waals surface area contributed by atoms with Crippen LogP contribution in [-0.4, -0.2) is 44.6 Å². The Morgan fingerprint density at radius 2 is 1.88 bits per heavy atom. The second-order valence-corrected chi connectivity index (χ2v) is 10.5. The molecule has 3 atom stereocenters. The highest BCUT2D eigenvalue weighted by Gasteiger charge is 2.56. The number of imide groups is 1. The fraction of sp³-hybridized carbons (Fsp3) is 0.217. The summed E-state index contributed by atoms with van der Waals surface area (Å²) in [5.74, 6) is -3.58. The molecule has 2 aromatic carbocycles. The van der Waals surface area contributed by atoms with E-state index in [1.807, 2.05) is 30.3 Å². The van der Waals surface area contributed by atoms with Crippen LogP contribution in [-0.2, 0) is 21.0 Å². The molecule has 3 heterocycles. The van der Waals surface area contributed by atoms with Gasteiger partial charge in [-0.1, -0.05) is 65.0 Å². The molecule has 34 heavy (non-hydrogen) atoms. The molecule has 3 aromatic rings. The van der Waals surface area contributed by atoms with E-state index in [1.165, 1.54) is 0 Å². The SMILES string of the molecule is O=C(O)CN1C(=O)C2Sc3[nH]c(=O)sc3[C@@H](c3cc(Cl)ccc3OCc3ccccc3)C2C1=O. The van der Waals surface area contributed by atoms with Crippen LogP contribution in [0.4, 0.5) is 0 Å². The molecule has 2 N–H and O–H groups in total. The molecule has 0 aliphatic carbocycles. The van der Waals surface area contributed by atoms with Crippen LogP contribution < -0.4 is 9.61 Å². The summed E-state index contributed by atoms with van der Waals surface area (Å²) in [6.45, 7) is -0.450. The molecule has 2 amide bonds. The van der Waals surface area contributed by atoms with Crippen molar-refractivity contribution in [2.24, 2.45) is 5.92 Å². The van der Waals surface area contributed by atoms with Gasteiger partial charge in [0.25, 0.3) is 0 Å². The van der Waals surface area contributed by atoms with E-state index < -0.39 is 41.4 Å². The summed E-state index contributed by atoms with van der Waals surface area (Å²) in [5, 5.41) is 9.25. The number of ether oxygens (including phenoxy) is 1. The molecule has 1 fully saturated rings. The number of carboxylic acids is 1. The zero-order valence-corrected chi connectivity index (χ0v) is 19.8. The largest absolute Gasteiger partial charge is 0.489 e. The lowest BCUT2D eigenvalue weighted by atomic mass is 9.82. The van der Waals surface area contributed by atoms with Gasteiger partial charge < -0.3 is 14.8 Å². The van der Waals surface area contributed by atoms with E-state index in [2.05, 4.69) is 4.98 Å². The number of hydrogen-bond donors (Lipinski definition) is 2. The first-order chi connectivity index (χ1) is 16.3. The summed E-state index contributed by atoms with van der Waals surface area (Å²) in [6, 6.07) is 14.6. The number of rotatable bonds is 6. The number of benzene rings is 2. The number of thioether (sulfide) groups is 1. The van der Waals surface area contributed by atoms with Crippen LogP contribution in [0, 0.1) is 5.92 Å². The van der Waals surface area contributed by atoms with E-state index in [9.17, 15) is 24.3 Å². The Hall–Kier alpha value is -3.08. The number of fused-ring (bicyclic) bond motifs is 2. The normalized spacial score (nSPS) is 21.3. The Kier molecular flexibility index (Phi) is 5.97. The predicted molar refractivity (Wildman–Crippen MR) is 126 cm³/mol. The number of halogens is 1. The smallest absolute Gasteiger partial charge is 0.323 e. The molecular formula is C23H17ClN2O6S2. The summed E-state index contributed by atoms with van der Waals surface area (Å²) in [7, 11) is 0. The van der Waals surface area contributed by atoms with E-state index in [4.69, 9.17) is 16.3 Å². The Morgan fingerprint density at radius 3 is 2.62 bits per heavy atom. The van der Waals surface area contributed by atoms with Gasteiger partial charge in [0.05, 0.1) is 10.9 Å². The van der Waals surface area contributed by atoms with E-state index in [0.29, 0.717) is 26.2 Å². The number of carbonyl (C=O) groups excluding carboxylic acids is 2. The van der Waals surface area contributed by atoms with Crippen molar-refractivity contribution < 1.29 is 24.2 Å². The van der Waals surface area contributed by atoms with Gasteiger partial charge in [-0.25, -0.2) is 0 Å². The first-order valence-corrected chi connectivity index (χ1v) is 12.3. The van der Waals surface area contributed by atoms with Crippen molar-refractivity contribution in [1.82, 2.24) is 9.88 Å². The third-order valence-corrected chi connectivity index (χ3v) is 8.39. The number of H-pyrrole nitrogens is 1. The number of nitrogens with one attached hydrogen (secondary N) is 1. The zero-order chi connectivity index (χ0) is 24.0. The fourth-order valence-electron chi connectivity index (χ4n) is 4.33. The second-order valence-electron chi connectivity index (χ2n) is 7.86. The third-order valence-electron chi connectivity index (χ3n) is 5.75. The highest BCUT2D eigenvalue weighted by molar-refractivity contribution is 8.00. The number of aromatic amines is 1. The van der Waals surface area contributed by atoms with Gasteiger partial charge in [-0.05, 0) is 23.8 Å². The third kappa shape index (κ3) is 4.02. The van der Waals surface area contributed by atoms with Gasteiger partial charge >= 0.3 is 10.8 Å². The van der Waals surface area contributed by atoms with E-state index in [1.54, 1.807) is 18.2 Å². The molecule has 174 valence electrons. The minimum absolute atomic E-state index is 0.263. The summed E-state index contributed by atoms with van der Waals surface area (Å²) >= 11 is 8.37. The average molecular weight is 517 g/mol. The molecule has 0 spiro atoms. The molecule has 1 aromatic heterocycles. The molecular weight excluding hydrogens is 500 g/mol. The van der Waals surface area contributed by atoms with Gasteiger partial charge in [0.15, 0.2) is 0 Å². The maximum atomic E-state index is 13.3. The van der Waals surface area contributed by atoms with Gasteiger partial charge in [-0.15, -0.1) is 0 Å². The average Bonchev–Trinajstić information content (AvgIpc) is 3.29. The minimum Gasteiger partial charge on any atom is -0.489 e. The summed E-state index contributed by atoms with van der Waals surface area (Å²) < 4.78 is 6.10. The van der Waals surface area contributed by atoms with Crippen LogP contribution >= 0.6 is 34.7 Å². The lowest BCUT2D eigenvalue weighted by Crippen LogP contribution is -2.36. The van der Waals surface area contributed by atoms with Crippen molar-refractivity contribution in [3.05, 3.63) is 79.2 Å². The number of nitrogens with zero attached hydrogens (tertiary/aromatic N) is 1. The second kappa shape index (κ2) is 8.94. The van der Waals surface area contributed by atoms with Gasteiger partial charge in [0.2, 0.25) is 11.8 Å². The summed E-state index contributed by atoms with van der Waals surface area (Å²) in [6.07, 6.45) is 0. The number of carboxylic acid groups (broad SMARTS) is 1. The van der Waals surface area contributed by atoms with Crippen LogP contribution in [0.2, 0.25) is 5.02 Å². The van der Waals surface area contributed by atoms with E-state index >= 15 is 0 Å². The van der Waals surface area contributed by atoms with Gasteiger partial charge in [-0.2, -0.15) is 0 Å². The number of amides is 2. The molecule has 2 aliphatic heterocycles. The van der Waals surface area contributed by atoms with Crippen LogP contribution in [0.25, 0.3) is 0 Å². The zero-order valence-electron chi connectivity index (χ0n) is 17.4. The Morgan fingerprint density at radius 1 is 1.12 bits per heavy atom. The number of hydrogen-bond acceptors (Lipinski definition) is 7. The molecule has 1 saturated heterocycles. The van der Waals surface area contributed by atoms with Crippen molar-refractivity contribution in [3.8, 4) is 5.75 Å². The first kappa shape index (κ1) is 22.7. The Bertz CT molecular complexity index is 1350. The van der Waals surface area contributed by atoms with Crippen LogP contribution in [0.1, 0.15) is 21.9 Å². The van der Waals surface area contributed by atoms with Crippen molar-refractivity contribution >= 4 is 52.5 Å². The molecule has 5 rings (SSSR count). The number of aromatic nitrogens is 1. The molecule has 8 nitrogen and oxygen atoms in total. The number of thiazole rings is 1. The highest BCUT2D eigenvalue weighted by atomic mass is 35.5. The number of carbonyl (C=O) groups is 3.